The number of anilines is 1. The first-order valence-corrected chi connectivity index (χ1v) is 6.84. The van der Waals surface area contributed by atoms with Gasteiger partial charge in [0.25, 0.3) is 0 Å². The van der Waals surface area contributed by atoms with Crippen LogP contribution in [-0.2, 0) is 0 Å². The zero-order chi connectivity index (χ0) is 14.7. The van der Waals surface area contributed by atoms with Gasteiger partial charge in [0.2, 0.25) is 0 Å². The number of nitrogens with two attached hydrogens (primary N) is 1. The van der Waals surface area contributed by atoms with Gasteiger partial charge in [0, 0.05) is 11.3 Å². The lowest BCUT2D eigenvalue weighted by Gasteiger charge is -2.08. The smallest absolute Gasteiger partial charge is 0.196 e. The van der Waals surface area contributed by atoms with Crippen LogP contribution in [0.25, 0.3) is 0 Å². The van der Waals surface area contributed by atoms with Crippen molar-refractivity contribution in [1.82, 2.24) is 0 Å². The molecule has 0 heterocycles. The summed E-state index contributed by atoms with van der Waals surface area (Å²) >= 11 is 3.33. The number of rotatable bonds is 4. The van der Waals surface area contributed by atoms with Crippen LogP contribution in [-0.4, -0.2) is 12.4 Å². The number of halogens is 2. The lowest BCUT2D eigenvalue weighted by atomic mass is 10.0. The van der Waals surface area contributed by atoms with Gasteiger partial charge in [0.15, 0.2) is 5.78 Å². The lowest BCUT2D eigenvalue weighted by Crippen LogP contribution is -2.05. The van der Waals surface area contributed by atoms with E-state index < -0.39 is 11.6 Å². The summed E-state index contributed by atoms with van der Waals surface area (Å²) < 4.78 is 19.8. The Morgan fingerprint density at radius 2 is 2.05 bits per heavy atom. The Morgan fingerprint density at radius 1 is 1.30 bits per heavy atom. The minimum absolute atomic E-state index is 0.00439. The van der Waals surface area contributed by atoms with Gasteiger partial charge in [-0.2, -0.15) is 0 Å². The molecule has 0 saturated carbocycles. The average molecular weight is 338 g/mol. The summed E-state index contributed by atoms with van der Waals surface area (Å²) in [5.41, 5.74) is 6.13. The Morgan fingerprint density at radius 3 is 2.65 bits per heavy atom. The molecule has 0 aliphatic rings. The number of carbonyl (C=O) groups is 1. The van der Waals surface area contributed by atoms with Crippen molar-refractivity contribution in [2.45, 2.75) is 6.92 Å². The van der Waals surface area contributed by atoms with Crippen LogP contribution in [0.4, 0.5) is 10.1 Å². The van der Waals surface area contributed by atoms with E-state index in [4.69, 9.17) is 10.5 Å². The maximum Gasteiger partial charge on any atom is 0.196 e. The van der Waals surface area contributed by atoms with E-state index in [1.807, 2.05) is 6.92 Å². The number of hydrogen-bond acceptors (Lipinski definition) is 3. The zero-order valence-corrected chi connectivity index (χ0v) is 12.4. The molecule has 3 nitrogen and oxygen atoms in total. The van der Waals surface area contributed by atoms with Crippen LogP contribution < -0.4 is 10.5 Å². The standard InChI is InChI=1S/C15H13BrFNO2/c1-2-20-14-6-3-9(7-12(14)16)15(19)11-5-4-10(18)8-13(11)17/h3-8H,2,18H2,1H3. The molecule has 2 rings (SSSR count). The second kappa shape index (κ2) is 6.05. The molecule has 2 aromatic rings. The van der Waals surface area contributed by atoms with E-state index in [2.05, 4.69) is 15.9 Å². The molecule has 0 radical (unpaired) electrons. The number of benzene rings is 2. The summed E-state index contributed by atoms with van der Waals surface area (Å²) in [4.78, 5) is 12.3. The van der Waals surface area contributed by atoms with Gasteiger partial charge in [-0.05, 0) is 59.3 Å². The van der Waals surface area contributed by atoms with Crippen molar-refractivity contribution in [3.63, 3.8) is 0 Å². The monoisotopic (exact) mass is 337 g/mol. The third-order valence-electron chi connectivity index (χ3n) is 2.73. The largest absolute Gasteiger partial charge is 0.493 e. The normalized spacial score (nSPS) is 10.3. The number of hydrogen-bond donors (Lipinski definition) is 1. The fourth-order valence-corrected chi connectivity index (χ4v) is 2.28. The van der Waals surface area contributed by atoms with E-state index >= 15 is 0 Å². The third-order valence-corrected chi connectivity index (χ3v) is 3.35. The summed E-state index contributed by atoms with van der Waals surface area (Å²) in [7, 11) is 0. The summed E-state index contributed by atoms with van der Waals surface area (Å²) in [5, 5.41) is 0. The van der Waals surface area contributed by atoms with Gasteiger partial charge in [0.05, 0.1) is 16.6 Å². The molecule has 0 saturated heterocycles. The fourth-order valence-electron chi connectivity index (χ4n) is 1.79. The van der Waals surface area contributed by atoms with Gasteiger partial charge in [-0.15, -0.1) is 0 Å². The number of nitrogen functional groups attached to an aromatic ring is 1. The van der Waals surface area contributed by atoms with E-state index in [0.717, 1.165) is 6.07 Å². The Balaban J connectivity index is 2.36. The van der Waals surface area contributed by atoms with Crippen LogP contribution >= 0.6 is 15.9 Å². The SMILES string of the molecule is CCOc1ccc(C(=O)c2ccc(N)cc2F)cc1Br. The highest BCUT2D eigenvalue weighted by Crippen LogP contribution is 2.27. The number of ether oxygens (including phenoxy) is 1. The van der Waals surface area contributed by atoms with Crippen molar-refractivity contribution < 1.29 is 13.9 Å². The van der Waals surface area contributed by atoms with Crippen molar-refractivity contribution in [2.75, 3.05) is 12.3 Å². The summed E-state index contributed by atoms with van der Waals surface area (Å²) in [6, 6.07) is 8.92. The fraction of sp³-hybridized carbons (Fsp3) is 0.133. The molecule has 2 N–H and O–H groups in total. The van der Waals surface area contributed by atoms with E-state index in [0.29, 0.717) is 22.4 Å². The highest BCUT2D eigenvalue weighted by molar-refractivity contribution is 9.10. The molecule has 0 aliphatic heterocycles. The summed E-state index contributed by atoms with van der Waals surface area (Å²) in [6.45, 7) is 2.40. The molecule has 0 unspecified atom stereocenters. The first kappa shape index (κ1) is 14.5. The zero-order valence-electron chi connectivity index (χ0n) is 10.8. The molecular weight excluding hydrogens is 325 g/mol. The number of carbonyl (C=O) groups excluding carboxylic acids is 1. The maximum absolute atomic E-state index is 13.7. The Labute approximate surface area is 124 Å². The van der Waals surface area contributed by atoms with E-state index in [1.165, 1.54) is 12.1 Å². The molecule has 5 heteroatoms. The molecule has 0 bridgehead atoms. The van der Waals surface area contributed by atoms with Gasteiger partial charge in [-0.25, -0.2) is 4.39 Å². The van der Waals surface area contributed by atoms with E-state index in [1.54, 1.807) is 18.2 Å². The number of ketones is 1. The molecule has 0 aromatic heterocycles. The Bertz CT molecular complexity index is 658. The molecule has 0 spiro atoms. The third kappa shape index (κ3) is 2.99. The van der Waals surface area contributed by atoms with Crippen LogP contribution in [0.1, 0.15) is 22.8 Å². The van der Waals surface area contributed by atoms with Gasteiger partial charge >= 0.3 is 0 Å². The Hall–Kier alpha value is -1.88. The van der Waals surface area contributed by atoms with Crippen LogP contribution in [0.3, 0.4) is 0 Å². The van der Waals surface area contributed by atoms with Gasteiger partial charge in [-0.1, -0.05) is 0 Å². The van der Waals surface area contributed by atoms with Crippen LogP contribution in [0, 0.1) is 5.82 Å². The minimum atomic E-state index is -0.625. The molecule has 104 valence electrons. The molecule has 0 aliphatic carbocycles. The van der Waals surface area contributed by atoms with E-state index in [9.17, 15) is 9.18 Å². The molecule has 0 amide bonds. The van der Waals surface area contributed by atoms with Gasteiger partial charge in [-0.3, -0.25) is 4.79 Å². The molecule has 20 heavy (non-hydrogen) atoms. The topological polar surface area (TPSA) is 52.3 Å². The van der Waals surface area contributed by atoms with Crippen LogP contribution in [0.5, 0.6) is 5.75 Å². The second-order valence-electron chi connectivity index (χ2n) is 4.15. The molecule has 0 atom stereocenters. The second-order valence-corrected chi connectivity index (χ2v) is 5.00. The summed E-state index contributed by atoms with van der Waals surface area (Å²) in [5.74, 6) is -0.381. The van der Waals surface area contributed by atoms with Crippen molar-refractivity contribution in [3.05, 3.63) is 57.8 Å². The van der Waals surface area contributed by atoms with Crippen LogP contribution in [0.15, 0.2) is 40.9 Å². The molecule has 0 fully saturated rings. The predicted molar refractivity (Wildman–Crippen MR) is 79.6 cm³/mol. The molecule has 2 aromatic carbocycles. The average Bonchev–Trinajstić information content (AvgIpc) is 2.40. The van der Waals surface area contributed by atoms with Crippen molar-refractivity contribution >= 4 is 27.4 Å². The Kier molecular flexibility index (Phi) is 4.39. The van der Waals surface area contributed by atoms with Crippen LogP contribution in [0.2, 0.25) is 0 Å². The first-order chi connectivity index (χ1) is 9.52. The highest BCUT2D eigenvalue weighted by Gasteiger charge is 2.15. The van der Waals surface area contributed by atoms with E-state index in [-0.39, 0.29) is 11.3 Å². The van der Waals surface area contributed by atoms with Crippen molar-refractivity contribution in [3.8, 4) is 5.75 Å². The highest BCUT2D eigenvalue weighted by atomic mass is 79.9. The molecular formula is C15H13BrFNO2. The quantitative estimate of drug-likeness (QED) is 0.681. The lowest BCUT2D eigenvalue weighted by molar-refractivity contribution is 0.103. The maximum atomic E-state index is 13.7. The summed E-state index contributed by atoms with van der Waals surface area (Å²) in [6.07, 6.45) is 0. The van der Waals surface area contributed by atoms with Crippen molar-refractivity contribution in [2.24, 2.45) is 0 Å². The van der Waals surface area contributed by atoms with Gasteiger partial charge in [0.1, 0.15) is 11.6 Å². The van der Waals surface area contributed by atoms with Gasteiger partial charge < -0.3 is 10.5 Å². The minimum Gasteiger partial charge on any atom is -0.493 e. The predicted octanol–water partition coefficient (Wildman–Crippen LogP) is 3.80. The van der Waals surface area contributed by atoms with Crippen molar-refractivity contribution in [1.29, 1.82) is 0 Å². The first-order valence-electron chi connectivity index (χ1n) is 6.05.